The zero-order valence-electron chi connectivity index (χ0n) is 10.9. The molecule has 0 atom stereocenters. The summed E-state index contributed by atoms with van der Waals surface area (Å²) in [6.07, 6.45) is 4.84. The van der Waals surface area contributed by atoms with Gasteiger partial charge in [-0.05, 0) is 30.2 Å². The van der Waals surface area contributed by atoms with E-state index in [2.05, 4.69) is 21.0 Å². The van der Waals surface area contributed by atoms with Crippen LogP contribution < -0.4 is 4.74 Å². The number of aromatic nitrogens is 2. The van der Waals surface area contributed by atoms with Crippen molar-refractivity contribution in [2.45, 2.75) is 12.8 Å². The second-order valence-corrected chi connectivity index (χ2v) is 5.21. The summed E-state index contributed by atoms with van der Waals surface area (Å²) in [4.78, 5) is 12.2. The molecule has 19 heavy (non-hydrogen) atoms. The molecule has 0 saturated carbocycles. The van der Waals surface area contributed by atoms with Gasteiger partial charge in [0.05, 0.1) is 18.9 Å². The molecule has 0 aliphatic rings. The van der Waals surface area contributed by atoms with E-state index in [0.717, 1.165) is 10.0 Å². The fourth-order valence-electron chi connectivity index (χ4n) is 1.89. The third kappa shape index (κ3) is 3.44. The first kappa shape index (κ1) is 13.8. The molecule has 0 N–H and O–H groups in total. The van der Waals surface area contributed by atoms with Crippen molar-refractivity contribution >= 4 is 21.7 Å². The van der Waals surface area contributed by atoms with E-state index in [0.29, 0.717) is 24.2 Å². The SMILES string of the molecule is COc1cc(Br)ccc1C(=O)CCc1cnn(C)c1. The van der Waals surface area contributed by atoms with Gasteiger partial charge in [0.25, 0.3) is 0 Å². The average Bonchev–Trinajstić information content (AvgIpc) is 2.81. The van der Waals surface area contributed by atoms with Crippen LogP contribution in [0.25, 0.3) is 0 Å². The van der Waals surface area contributed by atoms with Crippen LogP contribution in [0.5, 0.6) is 5.75 Å². The molecule has 5 heteroatoms. The minimum Gasteiger partial charge on any atom is -0.496 e. The van der Waals surface area contributed by atoms with E-state index in [1.165, 1.54) is 0 Å². The second-order valence-electron chi connectivity index (χ2n) is 4.29. The highest BCUT2D eigenvalue weighted by Crippen LogP contribution is 2.25. The molecule has 4 nitrogen and oxygen atoms in total. The van der Waals surface area contributed by atoms with E-state index in [-0.39, 0.29) is 5.78 Å². The van der Waals surface area contributed by atoms with Gasteiger partial charge in [0, 0.05) is 24.1 Å². The Bertz CT molecular complexity index is 593. The molecule has 0 saturated heterocycles. The second kappa shape index (κ2) is 6.02. The summed E-state index contributed by atoms with van der Waals surface area (Å²) in [5, 5.41) is 4.09. The van der Waals surface area contributed by atoms with E-state index in [9.17, 15) is 4.79 Å². The standard InChI is InChI=1S/C14H15BrN2O2/c1-17-9-10(8-16-17)3-6-13(18)12-5-4-11(15)7-14(12)19-2/h4-5,7-9H,3,6H2,1-2H3. The van der Waals surface area contributed by atoms with Crippen LogP contribution >= 0.6 is 15.9 Å². The highest BCUT2D eigenvalue weighted by atomic mass is 79.9. The number of ketones is 1. The first-order chi connectivity index (χ1) is 9.10. The largest absolute Gasteiger partial charge is 0.496 e. The van der Waals surface area contributed by atoms with Crippen LogP contribution in [0.3, 0.4) is 0 Å². The van der Waals surface area contributed by atoms with Crippen LogP contribution in [0.4, 0.5) is 0 Å². The predicted molar refractivity (Wildman–Crippen MR) is 76.6 cm³/mol. The fraction of sp³-hybridized carbons (Fsp3) is 0.286. The molecule has 0 bridgehead atoms. The Labute approximate surface area is 120 Å². The molecule has 0 amide bonds. The van der Waals surface area contributed by atoms with Gasteiger partial charge in [-0.25, -0.2) is 0 Å². The van der Waals surface area contributed by atoms with Gasteiger partial charge in [-0.15, -0.1) is 0 Å². The molecule has 0 radical (unpaired) electrons. The Morgan fingerprint density at radius 3 is 2.89 bits per heavy atom. The molecule has 0 fully saturated rings. The van der Waals surface area contributed by atoms with Crippen LogP contribution in [0.15, 0.2) is 35.1 Å². The summed E-state index contributed by atoms with van der Waals surface area (Å²) in [6.45, 7) is 0. The number of rotatable bonds is 5. The van der Waals surface area contributed by atoms with Crippen molar-refractivity contribution < 1.29 is 9.53 Å². The van der Waals surface area contributed by atoms with Crippen molar-refractivity contribution in [1.82, 2.24) is 9.78 Å². The van der Waals surface area contributed by atoms with Crippen molar-refractivity contribution in [2.24, 2.45) is 7.05 Å². The molecule has 1 heterocycles. The Morgan fingerprint density at radius 2 is 2.26 bits per heavy atom. The summed E-state index contributed by atoms with van der Waals surface area (Å²) in [7, 11) is 3.43. The van der Waals surface area contributed by atoms with Crippen LogP contribution in [0.2, 0.25) is 0 Å². The number of methoxy groups -OCH3 is 1. The van der Waals surface area contributed by atoms with Gasteiger partial charge in [-0.2, -0.15) is 5.10 Å². The number of ether oxygens (including phenoxy) is 1. The van der Waals surface area contributed by atoms with Crippen LogP contribution in [0.1, 0.15) is 22.3 Å². The molecule has 100 valence electrons. The predicted octanol–water partition coefficient (Wildman–Crippen LogP) is 3.01. The molecule has 0 aliphatic carbocycles. The Balaban J connectivity index is 2.07. The van der Waals surface area contributed by atoms with Gasteiger partial charge in [0.2, 0.25) is 0 Å². The zero-order chi connectivity index (χ0) is 13.8. The Kier molecular flexibility index (Phi) is 4.37. The van der Waals surface area contributed by atoms with E-state index in [1.54, 1.807) is 30.1 Å². The van der Waals surface area contributed by atoms with E-state index in [1.807, 2.05) is 19.3 Å². The van der Waals surface area contributed by atoms with Crippen LogP contribution in [-0.2, 0) is 13.5 Å². The van der Waals surface area contributed by atoms with Gasteiger partial charge >= 0.3 is 0 Å². The molecule has 0 aliphatic heterocycles. The molecule has 0 unspecified atom stereocenters. The summed E-state index contributed by atoms with van der Waals surface area (Å²) < 4.78 is 7.87. The van der Waals surface area contributed by atoms with Gasteiger partial charge < -0.3 is 4.74 Å². The Morgan fingerprint density at radius 1 is 1.47 bits per heavy atom. The zero-order valence-corrected chi connectivity index (χ0v) is 12.5. The highest BCUT2D eigenvalue weighted by molar-refractivity contribution is 9.10. The lowest BCUT2D eigenvalue weighted by atomic mass is 10.0. The van der Waals surface area contributed by atoms with Gasteiger partial charge in [0.1, 0.15) is 5.75 Å². The quantitative estimate of drug-likeness (QED) is 0.795. The van der Waals surface area contributed by atoms with Crippen molar-refractivity contribution in [3.8, 4) is 5.75 Å². The van der Waals surface area contributed by atoms with Gasteiger partial charge in [-0.3, -0.25) is 9.48 Å². The minimum atomic E-state index is 0.0770. The minimum absolute atomic E-state index is 0.0770. The van der Waals surface area contributed by atoms with E-state index < -0.39 is 0 Å². The highest BCUT2D eigenvalue weighted by Gasteiger charge is 2.12. The smallest absolute Gasteiger partial charge is 0.166 e. The number of nitrogens with zero attached hydrogens (tertiary/aromatic N) is 2. The fourth-order valence-corrected chi connectivity index (χ4v) is 2.23. The number of aryl methyl sites for hydroxylation is 2. The molecule has 0 spiro atoms. The molecule has 1 aromatic heterocycles. The molecular weight excluding hydrogens is 308 g/mol. The summed E-state index contributed by atoms with van der Waals surface area (Å²) in [5.41, 5.74) is 1.68. The maximum Gasteiger partial charge on any atom is 0.166 e. The van der Waals surface area contributed by atoms with Crippen molar-refractivity contribution in [3.63, 3.8) is 0 Å². The van der Waals surface area contributed by atoms with E-state index >= 15 is 0 Å². The number of carbonyl (C=O) groups excluding carboxylic acids is 1. The number of benzene rings is 1. The average molecular weight is 323 g/mol. The van der Waals surface area contributed by atoms with Gasteiger partial charge in [0.15, 0.2) is 5.78 Å². The van der Waals surface area contributed by atoms with Crippen molar-refractivity contribution in [3.05, 3.63) is 46.2 Å². The third-order valence-electron chi connectivity index (χ3n) is 2.86. The number of halogens is 1. The Hall–Kier alpha value is -1.62. The first-order valence-electron chi connectivity index (χ1n) is 5.94. The molecule has 1 aromatic carbocycles. The lowest BCUT2D eigenvalue weighted by Gasteiger charge is -2.07. The normalized spacial score (nSPS) is 10.5. The number of hydrogen-bond acceptors (Lipinski definition) is 3. The maximum absolute atomic E-state index is 12.2. The number of carbonyl (C=O) groups is 1. The summed E-state index contributed by atoms with van der Waals surface area (Å²) in [6, 6.07) is 5.44. The van der Waals surface area contributed by atoms with Crippen molar-refractivity contribution in [1.29, 1.82) is 0 Å². The topological polar surface area (TPSA) is 44.1 Å². The number of hydrogen-bond donors (Lipinski definition) is 0. The summed E-state index contributed by atoms with van der Waals surface area (Å²) >= 11 is 3.36. The lowest BCUT2D eigenvalue weighted by Crippen LogP contribution is -2.03. The maximum atomic E-state index is 12.2. The molecule has 2 aromatic rings. The summed E-state index contributed by atoms with van der Waals surface area (Å²) in [5.74, 6) is 0.679. The van der Waals surface area contributed by atoms with Crippen LogP contribution in [0, 0.1) is 0 Å². The molecular formula is C14H15BrN2O2. The van der Waals surface area contributed by atoms with Crippen molar-refractivity contribution in [2.75, 3.05) is 7.11 Å². The molecule has 2 rings (SSSR count). The van der Waals surface area contributed by atoms with E-state index in [4.69, 9.17) is 4.74 Å². The van der Waals surface area contributed by atoms with Gasteiger partial charge in [-0.1, -0.05) is 15.9 Å². The van der Waals surface area contributed by atoms with Crippen LogP contribution in [-0.4, -0.2) is 22.7 Å². The lowest BCUT2D eigenvalue weighted by molar-refractivity contribution is 0.0980. The monoisotopic (exact) mass is 322 g/mol. The number of Topliss-reactive ketones (excluding diaryl/α,β-unsaturated/α-hetero) is 1. The third-order valence-corrected chi connectivity index (χ3v) is 3.36. The first-order valence-corrected chi connectivity index (χ1v) is 6.73.